The zero-order valence-corrected chi connectivity index (χ0v) is 25.7. The van der Waals surface area contributed by atoms with Gasteiger partial charge in [-0.1, -0.05) is 97.4 Å². The molecule has 2 fully saturated rings. The number of carbonyl (C=O) groups excluding carboxylic acids is 1. The molecule has 3 unspecified atom stereocenters. The Morgan fingerprint density at radius 1 is 0.711 bits per heavy atom. The van der Waals surface area contributed by atoms with Gasteiger partial charge in [-0.3, -0.25) is 0 Å². The number of nitrogens with zero attached hydrogens (tertiary/aromatic N) is 1. The number of amides is 2. The van der Waals surface area contributed by atoms with Gasteiger partial charge in [0, 0.05) is 31.6 Å². The minimum atomic E-state index is -0.492. The maximum Gasteiger partial charge on any atom is 0.315 e. The van der Waals surface area contributed by atoms with E-state index in [4.69, 9.17) is 9.47 Å². The lowest BCUT2D eigenvalue weighted by Crippen LogP contribution is -2.41. The van der Waals surface area contributed by atoms with Crippen LogP contribution < -0.4 is 10.6 Å². The quantitative estimate of drug-likeness (QED) is 0.184. The number of piperidine rings is 1. The van der Waals surface area contributed by atoms with E-state index in [0.717, 1.165) is 65.0 Å². The fraction of sp³-hybridized carbons (Fsp3) is 0.342. The molecule has 2 saturated heterocycles. The average molecular weight is 606 g/mol. The van der Waals surface area contributed by atoms with Gasteiger partial charge in [0.2, 0.25) is 0 Å². The molecule has 2 heterocycles. The SMILES string of the molecule is O=C(NCc1ccccc1)NCc1cccc(-c2cccc(C3OC(CN4CCCCC4)CC(c4ccc(CO)cc4)O3)c2)c1. The van der Waals surface area contributed by atoms with Crippen molar-refractivity contribution < 1.29 is 19.4 Å². The van der Waals surface area contributed by atoms with E-state index in [1.54, 1.807) is 0 Å². The van der Waals surface area contributed by atoms with E-state index in [1.165, 1.54) is 19.3 Å². The summed E-state index contributed by atoms with van der Waals surface area (Å²) in [5, 5.41) is 15.4. The monoisotopic (exact) mass is 605 g/mol. The van der Waals surface area contributed by atoms with E-state index >= 15 is 0 Å². The highest BCUT2D eigenvalue weighted by molar-refractivity contribution is 5.74. The van der Waals surface area contributed by atoms with Gasteiger partial charge in [-0.05, 0) is 71.4 Å². The summed E-state index contributed by atoms with van der Waals surface area (Å²) >= 11 is 0. The van der Waals surface area contributed by atoms with Crippen molar-refractivity contribution in [3.63, 3.8) is 0 Å². The van der Waals surface area contributed by atoms with Crippen molar-refractivity contribution in [3.05, 3.63) is 131 Å². The Morgan fingerprint density at radius 3 is 2.16 bits per heavy atom. The lowest BCUT2D eigenvalue weighted by Gasteiger charge is -2.39. The second-order valence-electron chi connectivity index (χ2n) is 12.1. The standard InChI is InChI=1S/C38H43N3O4/c42-27-29-15-17-31(18-16-29)36-23-35(26-41-19-5-2-6-20-41)44-37(45-36)34-14-8-13-33(22-34)32-12-7-11-30(21-32)25-40-38(43)39-24-28-9-3-1-4-10-28/h1,3-4,7-18,21-22,35-37,42H,2,5-6,19-20,23-27H2,(H2,39,40,43). The Kier molecular flexibility index (Phi) is 10.6. The van der Waals surface area contributed by atoms with Crippen LogP contribution in [0.15, 0.2) is 103 Å². The molecule has 2 amide bonds. The molecule has 7 nitrogen and oxygen atoms in total. The van der Waals surface area contributed by atoms with Crippen LogP contribution in [0.5, 0.6) is 0 Å². The van der Waals surface area contributed by atoms with Crippen LogP contribution in [0.4, 0.5) is 4.79 Å². The van der Waals surface area contributed by atoms with Crippen molar-refractivity contribution in [2.45, 2.75) is 63.9 Å². The second-order valence-corrected chi connectivity index (χ2v) is 12.1. The summed E-state index contributed by atoms with van der Waals surface area (Å²) in [5.74, 6) is 0. The second kappa shape index (κ2) is 15.3. The number of ether oxygens (including phenoxy) is 2. The fourth-order valence-corrected chi connectivity index (χ4v) is 6.21. The first-order chi connectivity index (χ1) is 22.1. The van der Waals surface area contributed by atoms with Gasteiger partial charge in [-0.15, -0.1) is 0 Å². The summed E-state index contributed by atoms with van der Waals surface area (Å²) in [4.78, 5) is 14.9. The first-order valence-corrected chi connectivity index (χ1v) is 16.1. The molecule has 234 valence electrons. The van der Waals surface area contributed by atoms with Crippen molar-refractivity contribution in [3.8, 4) is 11.1 Å². The first-order valence-electron chi connectivity index (χ1n) is 16.1. The highest BCUT2D eigenvalue weighted by Gasteiger charge is 2.33. The van der Waals surface area contributed by atoms with Crippen LogP contribution in [-0.2, 0) is 29.2 Å². The predicted octanol–water partition coefficient (Wildman–Crippen LogP) is 6.88. The number of hydrogen-bond acceptors (Lipinski definition) is 5. The normalized spacial score (nSPS) is 20.4. The third-order valence-corrected chi connectivity index (χ3v) is 8.69. The molecule has 4 aromatic rings. The van der Waals surface area contributed by atoms with Crippen molar-refractivity contribution in [1.29, 1.82) is 0 Å². The summed E-state index contributed by atoms with van der Waals surface area (Å²) in [5.41, 5.74) is 7.19. The smallest absolute Gasteiger partial charge is 0.315 e. The van der Waals surface area contributed by atoms with Crippen LogP contribution >= 0.6 is 0 Å². The van der Waals surface area contributed by atoms with Gasteiger partial charge in [0.1, 0.15) is 0 Å². The molecule has 4 aromatic carbocycles. The largest absolute Gasteiger partial charge is 0.392 e. The molecule has 0 bridgehead atoms. The maximum absolute atomic E-state index is 12.4. The number of aliphatic hydroxyl groups is 1. The van der Waals surface area contributed by atoms with E-state index in [0.29, 0.717) is 13.1 Å². The number of nitrogens with one attached hydrogen (secondary N) is 2. The number of urea groups is 1. The van der Waals surface area contributed by atoms with Crippen LogP contribution in [0.25, 0.3) is 11.1 Å². The summed E-state index contributed by atoms with van der Waals surface area (Å²) in [6.45, 7) is 4.09. The lowest BCUT2D eigenvalue weighted by molar-refractivity contribution is -0.253. The van der Waals surface area contributed by atoms with E-state index in [2.05, 4.69) is 64.1 Å². The van der Waals surface area contributed by atoms with E-state index in [-0.39, 0.29) is 24.8 Å². The van der Waals surface area contributed by atoms with Crippen LogP contribution in [0.1, 0.15) is 65.9 Å². The molecule has 0 aromatic heterocycles. The Labute approximate surface area is 266 Å². The summed E-state index contributed by atoms with van der Waals surface area (Å²) < 4.78 is 13.3. The number of likely N-dealkylation sites (tertiary alicyclic amines) is 1. The number of hydrogen-bond donors (Lipinski definition) is 3. The maximum atomic E-state index is 12.4. The van der Waals surface area contributed by atoms with Crippen LogP contribution in [0.3, 0.4) is 0 Å². The van der Waals surface area contributed by atoms with E-state index in [1.807, 2.05) is 54.6 Å². The van der Waals surface area contributed by atoms with Crippen LogP contribution in [-0.4, -0.2) is 41.8 Å². The molecule has 3 atom stereocenters. The lowest BCUT2D eigenvalue weighted by atomic mass is 9.98. The zero-order valence-electron chi connectivity index (χ0n) is 25.7. The Balaban J connectivity index is 1.14. The van der Waals surface area contributed by atoms with Crippen LogP contribution in [0, 0.1) is 0 Å². The predicted molar refractivity (Wildman–Crippen MR) is 176 cm³/mol. The summed E-state index contributed by atoms with van der Waals surface area (Å²) in [6, 6.07) is 34.4. The number of benzene rings is 4. The molecule has 3 N–H and O–H groups in total. The van der Waals surface area contributed by atoms with Crippen molar-refractivity contribution in [2.75, 3.05) is 19.6 Å². The average Bonchev–Trinajstić information content (AvgIpc) is 3.11. The van der Waals surface area contributed by atoms with Gasteiger partial charge in [0.25, 0.3) is 0 Å². The molecule has 45 heavy (non-hydrogen) atoms. The molecular formula is C38H43N3O4. The van der Waals surface area contributed by atoms with Gasteiger partial charge in [0.05, 0.1) is 18.8 Å². The van der Waals surface area contributed by atoms with Crippen molar-refractivity contribution >= 4 is 6.03 Å². The molecule has 6 rings (SSSR count). The Hall–Kier alpha value is -4.01. The van der Waals surface area contributed by atoms with Crippen molar-refractivity contribution in [1.82, 2.24) is 15.5 Å². The molecule has 0 saturated carbocycles. The minimum Gasteiger partial charge on any atom is -0.392 e. The van der Waals surface area contributed by atoms with Crippen LogP contribution in [0.2, 0.25) is 0 Å². The number of carbonyl (C=O) groups is 1. The van der Waals surface area contributed by atoms with Gasteiger partial charge in [-0.2, -0.15) is 0 Å². The molecule has 2 aliphatic heterocycles. The molecule has 0 radical (unpaired) electrons. The third kappa shape index (κ3) is 8.59. The zero-order chi connectivity index (χ0) is 30.8. The summed E-state index contributed by atoms with van der Waals surface area (Å²) in [6.07, 6.45) is 4.04. The first kappa shape index (κ1) is 31.0. The highest BCUT2D eigenvalue weighted by atomic mass is 16.7. The number of aliphatic hydroxyl groups excluding tert-OH is 1. The Bertz CT molecular complexity index is 1520. The minimum absolute atomic E-state index is 0.0284. The van der Waals surface area contributed by atoms with Gasteiger partial charge in [-0.25, -0.2) is 4.79 Å². The number of rotatable bonds is 10. The Morgan fingerprint density at radius 2 is 1.40 bits per heavy atom. The van der Waals surface area contributed by atoms with Crippen molar-refractivity contribution in [2.24, 2.45) is 0 Å². The topological polar surface area (TPSA) is 83.1 Å². The van der Waals surface area contributed by atoms with E-state index < -0.39 is 6.29 Å². The highest BCUT2D eigenvalue weighted by Crippen LogP contribution is 2.39. The van der Waals surface area contributed by atoms with Gasteiger partial charge in [0.15, 0.2) is 6.29 Å². The molecular weight excluding hydrogens is 562 g/mol. The fourth-order valence-electron chi connectivity index (χ4n) is 6.21. The molecule has 0 spiro atoms. The molecule has 7 heteroatoms. The van der Waals surface area contributed by atoms with Gasteiger partial charge < -0.3 is 30.1 Å². The third-order valence-electron chi connectivity index (χ3n) is 8.69. The molecule has 0 aliphatic carbocycles. The molecule has 2 aliphatic rings. The van der Waals surface area contributed by atoms with E-state index in [9.17, 15) is 9.90 Å². The summed E-state index contributed by atoms with van der Waals surface area (Å²) in [7, 11) is 0. The van der Waals surface area contributed by atoms with Gasteiger partial charge >= 0.3 is 6.03 Å².